The summed E-state index contributed by atoms with van der Waals surface area (Å²) in [6.07, 6.45) is 2.21. The van der Waals surface area contributed by atoms with Crippen LogP contribution in [0.5, 0.6) is 5.75 Å². The monoisotopic (exact) mass is 362 g/mol. The summed E-state index contributed by atoms with van der Waals surface area (Å²) < 4.78 is 10.7. The highest BCUT2D eigenvalue weighted by molar-refractivity contribution is 5.94. The summed E-state index contributed by atoms with van der Waals surface area (Å²) in [5.74, 6) is 1.30. The van der Waals surface area contributed by atoms with Gasteiger partial charge in [-0.05, 0) is 56.4 Å². The summed E-state index contributed by atoms with van der Waals surface area (Å²) in [7, 11) is 0. The Morgan fingerprint density at radius 1 is 1.19 bits per heavy atom. The topological polar surface area (TPSA) is 67.9 Å². The predicted molar refractivity (Wildman–Crippen MR) is 100 cm³/mol. The Balaban J connectivity index is 1.77. The smallest absolute Gasteiger partial charge is 0.409 e. The summed E-state index contributed by atoms with van der Waals surface area (Å²) in [6, 6.07) is 7.31. The Morgan fingerprint density at radius 3 is 2.42 bits per heavy atom. The molecule has 1 heterocycles. The van der Waals surface area contributed by atoms with Crippen molar-refractivity contribution in [1.29, 1.82) is 0 Å². The summed E-state index contributed by atoms with van der Waals surface area (Å²) in [5, 5.41) is 3.05. The SMILES string of the molecule is CCOC(=O)N1CCC(NC(=O)c2ccc(OCCC(C)C)cc2)CC1. The van der Waals surface area contributed by atoms with E-state index in [-0.39, 0.29) is 18.0 Å². The first-order valence-electron chi connectivity index (χ1n) is 9.45. The van der Waals surface area contributed by atoms with Gasteiger partial charge in [-0.25, -0.2) is 4.79 Å². The molecule has 6 nitrogen and oxygen atoms in total. The molecule has 1 N–H and O–H groups in total. The van der Waals surface area contributed by atoms with Gasteiger partial charge in [0, 0.05) is 24.7 Å². The minimum absolute atomic E-state index is 0.0788. The van der Waals surface area contributed by atoms with Crippen molar-refractivity contribution in [3.8, 4) is 5.75 Å². The van der Waals surface area contributed by atoms with E-state index < -0.39 is 0 Å². The normalized spacial score (nSPS) is 15.0. The summed E-state index contributed by atoms with van der Waals surface area (Å²) in [6.45, 7) is 8.39. The number of hydrogen-bond acceptors (Lipinski definition) is 4. The molecular weight excluding hydrogens is 332 g/mol. The lowest BCUT2D eigenvalue weighted by atomic mass is 10.0. The minimum atomic E-state index is -0.273. The van der Waals surface area contributed by atoms with Gasteiger partial charge in [-0.3, -0.25) is 4.79 Å². The summed E-state index contributed by atoms with van der Waals surface area (Å²) in [5.41, 5.74) is 0.619. The van der Waals surface area contributed by atoms with Crippen molar-refractivity contribution in [2.45, 2.75) is 46.1 Å². The van der Waals surface area contributed by atoms with E-state index in [1.165, 1.54) is 0 Å². The number of carbonyl (C=O) groups is 2. The Kier molecular flexibility index (Phi) is 7.75. The quantitative estimate of drug-likeness (QED) is 0.806. The lowest BCUT2D eigenvalue weighted by Crippen LogP contribution is -2.46. The van der Waals surface area contributed by atoms with Gasteiger partial charge in [0.1, 0.15) is 5.75 Å². The molecule has 1 aromatic rings. The maximum absolute atomic E-state index is 12.4. The molecule has 1 aliphatic rings. The molecule has 26 heavy (non-hydrogen) atoms. The molecule has 2 amide bonds. The van der Waals surface area contributed by atoms with Crippen molar-refractivity contribution >= 4 is 12.0 Å². The van der Waals surface area contributed by atoms with Gasteiger partial charge in [-0.1, -0.05) is 13.8 Å². The molecule has 0 unspecified atom stereocenters. The average molecular weight is 362 g/mol. The Hall–Kier alpha value is -2.24. The molecule has 144 valence electrons. The Morgan fingerprint density at radius 2 is 1.85 bits per heavy atom. The maximum atomic E-state index is 12.4. The van der Waals surface area contributed by atoms with Gasteiger partial charge in [0.15, 0.2) is 0 Å². The highest BCUT2D eigenvalue weighted by atomic mass is 16.6. The molecule has 1 aliphatic heterocycles. The van der Waals surface area contributed by atoms with Gasteiger partial charge in [0.05, 0.1) is 13.2 Å². The van der Waals surface area contributed by atoms with Gasteiger partial charge < -0.3 is 19.7 Å². The number of ether oxygens (including phenoxy) is 2. The van der Waals surface area contributed by atoms with Crippen molar-refractivity contribution < 1.29 is 19.1 Å². The standard InChI is InChI=1S/C20H30N2O4/c1-4-25-20(24)22-12-9-17(10-13-22)21-19(23)16-5-7-18(8-6-16)26-14-11-15(2)3/h5-8,15,17H,4,9-14H2,1-3H3,(H,21,23). The van der Waals surface area contributed by atoms with Crippen LogP contribution in [0.1, 0.15) is 50.4 Å². The Bertz CT molecular complexity index is 578. The van der Waals surface area contributed by atoms with Crippen LogP contribution in [-0.2, 0) is 4.74 Å². The fraction of sp³-hybridized carbons (Fsp3) is 0.600. The van der Waals surface area contributed by atoms with Crippen LogP contribution in [-0.4, -0.2) is 49.2 Å². The molecule has 0 bridgehead atoms. The number of likely N-dealkylation sites (tertiary alicyclic amines) is 1. The van der Waals surface area contributed by atoms with Crippen LogP contribution in [0.3, 0.4) is 0 Å². The Labute approximate surface area is 155 Å². The minimum Gasteiger partial charge on any atom is -0.494 e. The van der Waals surface area contributed by atoms with Crippen molar-refractivity contribution in [1.82, 2.24) is 10.2 Å². The fourth-order valence-corrected chi connectivity index (χ4v) is 2.80. The van der Waals surface area contributed by atoms with Gasteiger partial charge in [0.25, 0.3) is 5.91 Å². The van der Waals surface area contributed by atoms with Crippen LogP contribution in [0.25, 0.3) is 0 Å². The number of nitrogens with one attached hydrogen (secondary N) is 1. The molecule has 0 aromatic heterocycles. The second-order valence-corrected chi connectivity index (χ2v) is 6.99. The van der Waals surface area contributed by atoms with Crippen molar-refractivity contribution in [3.63, 3.8) is 0 Å². The molecule has 0 saturated carbocycles. The van der Waals surface area contributed by atoms with Crippen LogP contribution in [0.4, 0.5) is 4.79 Å². The third-order valence-corrected chi connectivity index (χ3v) is 4.44. The van der Waals surface area contributed by atoms with Gasteiger partial charge in [-0.2, -0.15) is 0 Å². The molecule has 0 radical (unpaired) electrons. The third kappa shape index (κ3) is 6.24. The second kappa shape index (κ2) is 10.0. The number of benzene rings is 1. The van der Waals surface area contributed by atoms with E-state index in [4.69, 9.17) is 9.47 Å². The molecule has 2 rings (SSSR count). The van der Waals surface area contributed by atoms with Crippen LogP contribution < -0.4 is 10.1 Å². The van der Waals surface area contributed by atoms with E-state index in [0.29, 0.717) is 37.8 Å². The number of nitrogens with zero attached hydrogens (tertiary/aromatic N) is 1. The largest absolute Gasteiger partial charge is 0.494 e. The first-order chi connectivity index (χ1) is 12.5. The molecule has 0 atom stereocenters. The first kappa shape index (κ1) is 20.1. The van der Waals surface area contributed by atoms with E-state index in [9.17, 15) is 9.59 Å². The molecule has 1 aromatic carbocycles. The van der Waals surface area contributed by atoms with Crippen molar-refractivity contribution in [2.24, 2.45) is 5.92 Å². The van der Waals surface area contributed by atoms with E-state index in [1.807, 2.05) is 12.1 Å². The molecule has 0 spiro atoms. The summed E-state index contributed by atoms with van der Waals surface area (Å²) in [4.78, 5) is 25.8. The van der Waals surface area contributed by atoms with Gasteiger partial charge in [0.2, 0.25) is 0 Å². The van der Waals surface area contributed by atoms with Crippen molar-refractivity contribution in [2.75, 3.05) is 26.3 Å². The van der Waals surface area contributed by atoms with Crippen LogP contribution >= 0.6 is 0 Å². The molecular formula is C20H30N2O4. The number of rotatable bonds is 7. The number of piperidine rings is 1. The zero-order valence-electron chi connectivity index (χ0n) is 16.0. The fourth-order valence-electron chi connectivity index (χ4n) is 2.80. The van der Waals surface area contributed by atoms with Gasteiger partial charge >= 0.3 is 6.09 Å². The molecule has 0 aliphatic carbocycles. The second-order valence-electron chi connectivity index (χ2n) is 6.99. The van der Waals surface area contributed by atoms with Crippen LogP contribution in [0.15, 0.2) is 24.3 Å². The highest BCUT2D eigenvalue weighted by Gasteiger charge is 2.24. The number of carbonyl (C=O) groups excluding carboxylic acids is 2. The lowest BCUT2D eigenvalue weighted by Gasteiger charge is -2.31. The zero-order valence-corrected chi connectivity index (χ0v) is 16.0. The maximum Gasteiger partial charge on any atom is 0.409 e. The van der Waals surface area contributed by atoms with E-state index in [2.05, 4.69) is 19.2 Å². The number of amides is 2. The van der Waals surface area contributed by atoms with E-state index in [0.717, 1.165) is 25.0 Å². The third-order valence-electron chi connectivity index (χ3n) is 4.44. The zero-order chi connectivity index (χ0) is 18.9. The molecule has 6 heteroatoms. The predicted octanol–water partition coefficient (Wildman–Crippen LogP) is 3.46. The highest BCUT2D eigenvalue weighted by Crippen LogP contribution is 2.15. The van der Waals surface area contributed by atoms with E-state index >= 15 is 0 Å². The molecule has 1 fully saturated rings. The first-order valence-corrected chi connectivity index (χ1v) is 9.45. The lowest BCUT2D eigenvalue weighted by molar-refractivity contribution is 0.0860. The number of hydrogen-bond donors (Lipinski definition) is 1. The van der Waals surface area contributed by atoms with Gasteiger partial charge in [-0.15, -0.1) is 0 Å². The van der Waals surface area contributed by atoms with Crippen molar-refractivity contribution in [3.05, 3.63) is 29.8 Å². The van der Waals surface area contributed by atoms with E-state index in [1.54, 1.807) is 24.0 Å². The van der Waals surface area contributed by atoms with Crippen LogP contribution in [0, 0.1) is 5.92 Å². The van der Waals surface area contributed by atoms with Crippen LogP contribution in [0.2, 0.25) is 0 Å². The average Bonchev–Trinajstić information content (AvgIpc) is 2.63. The summed E-state index contributed by atoms with van der Waals surface area (Å²) >= 11 is 0. The molecule has 1 saturated heterocycles.